The fourth-order valence-corrected chi connectivity index (χ4v) is 1.72. The van der Waals surface area contributed by atoms with Crippen LogP contribution in [0.3, 0.4) is 0 Å². The molecule has 0 aromatic carbocycles. The quantitative estimate of drug-likeness (QED) is 0.215. The van der Waals surface area contributed by atoms with Crippen LogP contribution in [-0.2, 0) is 9.59 Å². The molecule has 0 saturated heterocycles. The summed E-state index contributed by atoms with van der Waals surface area (Å²) in [5, 5.41) is 38.0. The van der Waals surface area contributed by atoms with E-state index in [0.29, 0.717) is 13.0 Å². The van der Waals surface area contributed by atoms with E-state index in [9.17, 15) is 9.59 Å². The number of rotatable bonds is 12. The Morgan fingerprint density at radius 1 is 1.14 bits per heavy atom. The Kier molecular flexibility index (Phi) is 11.4. The van der Waals surface area contributed by atoms with Crippen LogP contribution in [0.1, 0.15) is 25.7 Å². The highest BCUT2D eigenvalue weighted by atomic mass is 16.4. The molecule has 0 spiro atoms. The van der Waals surface area contributed by atoms with Gasteiger partial charge < -0.3 is 25.5 Å². The van der Waals surface area contributed by atoms with E-state index in [0.717, 1.165) is 12.8 Å². The lowest BCUT2D eigenvalue weighted by molar-refractivity contribution is -0.137. The SMILES string of the molecule is N#C/C(=C/NCCCCCC(=O)O)C(=O)N(CCO)CCO. The monoisotopic (exact) mass is 313 g/mol. The molecule has 22 heavy (non-hydrogen) atoms. The third kappa shape index (κ3) is 8.94. The molecular weight excluding hydrogens is 290 g/mol. The van der Waals surface area contributed by atoms with E-state index < -0.39 is 11.9 Å². The summed E-state index contributed by atoms with van der Waals surface area (Å²) in [5.74, 6) is -1.37. The number of carboxylic acid groups (broad SMARTS) is 1. The van der Waals surface area contributed by atoms with Gasteiger partial charge in [-0.15, -0.1) is 0 Å². The van der Waals surface area contributed by atoms with Gasteiger partial charge in [0.2, 0.25) is 0 Å². The molecule has 0 unspecified atom stereocenters. The third-order valence-corrected chi connectivity index (χ3v) is 2.84. The molecule has 0 fully saturated rings. The molecule has 0 aromatic heterocycles. The zero-order valence-electron chi connectivity index (χ0n) is 12.5. The van der Waals surface area contributed by atoms with Crippen LogP contribution in [0.15, 0.2) is 11.8 Å². The van der Waals surface area contributed by atoms with Gasteiger partial charge in [-0.25, -0.2) is 0 Å². The first kappa shape index (κ1) is 19.9. The summed E-state index contributed by atoms with van der Waals surface area (Å²) in [6.45, 7) is 0.127. The van der Waals surface area contributed by atoms with Gasteiger partial charge in [0.1, 0.15) is 11.6 Å². The van der Waals surface area contributed by atoms with Gasteiger partial charge in [-0.05, 0) is 12.8 Å². The molecule has 0 aromatic rings. The predicted octanol–water partition coefficient (Wildman–Crippen LogP) is -0.558. The van der Waals surface area contributed by atoms with Gasteiger partial charge in [-0.3, -0.25) is 9.59 Å². The largest absolute Gasteiger partial charge is 0.481 e. The Labute approximate surface area is 129 Å². The number of hydrogen-bond donors (Lipinski definition) is 4. The number of aliphatic carboxylic acids is 1. The highest BCUT2D eigenvalue weighted by Crippen LogP contribution is 2.01. The summed E-state index contributed by atoms with van der Waals surface area (Å²) in [5.41, 5.74) is -0.104. The molecule has 4 N–H and O–H groups in total. The molecule has 1 amide bonds. The number of nitriles is 1. The van der Waals surface area contributed by atoms with Crippen LogP contribution >= 0.6 is 0 Å². The molecule has 0 atom stereocenters. The van der Waals surface area contributed by atoms with Gasteiger partial charge in [0.05, 0.1) is 13.2 Å². The minimum Gasteiger partial charge on any atom is -0.481 e. The van der Waals surface area contributed by atoms with E-state index >= 15 is 0 Å². The van der Waals surface area contributed by atoms with Crippen LogP contribution in [0, 0.1) is 11.3 Å². The van der Waals surface area contributed by atoms with Crippen molar-refractivity contribution in [3.8, 4) is 6.07 Å². The van der Waals surface area contributed by atoms with Crippen LogP contribution in [0.25, 0.3) is 0 Å². The van der Waals surface area contributed by atoms with Crippen LogP contribution in [0.4, 0.5) is 0 Å². The minimum atomic E-state index is -0.821. The molecule has 0 aliphatic rings. The lowest BCUT2D eigenvalue weighted by Crippen LogP contribution is -2.37. The van der Waals surface area contributed by atoms with Gasteiger partial charge in [0.15, 0.2) is 0 Å². The molecule has 8 heteroatoms. The number of aliphatic hydroxyl groups excluding tert-OH is 2. The average molecular weight is 313 g/mol. The lowest BCUT2D eigenvalue weighted by Gasteiger charge is -2.20. The molecule has 0 heterocycles. The van der Waals surface area contributed by atoms with E-state index in [1.54, 1.807) is 6.07 Å². The first-order chi connectivity index (χ1) is 10.6. The van der Waals surface area contributed by atoms with E-state index in [2.05, 4.69) is 5.32 Å². The Morgan fingerprint density at radius 2 is 1.77 bits per heavy atom. The Morgan fingerprint density at radius 3 is 2.27 bits per heavy atom. The normalized spacial score (nSPS) is 10.9. The number of amides is 1. The number of carbonyl (C=O) groups is 2. The number of aliphatic hydroxyl groups is 2. The number of carbonyl (C=O) groups excluding carboxylic acids is 1. The number of carboxylic acids is 1. The topological polar surface area (TPSA) is 134 Å². The fraction of sp³-hybridized carbons (Fsp3) is 0.643. The number of unbranched alkanes of at least 4 members (excludes halogenated alkanes) is 2. The lowest BCUT2D eigenvalue weighted by atomic mass is 10.2. The van der Waals surface area contributed by atoms with Crippen LogP contribution in [-0.4, -0.2) is 64.9 Å². The third-order valence-electron chi connectivity index (χ3n) is 2.84. The molecule has 0 rings (SSSR count). The molecule has 0 radical (unpaired) electrons. The Hall–Kier alpha value is -2.11. The van der Waals surface area contributed by atoms with Crippen molar-refractivity contribution in [2.75, 3.05) is 32.8 Å². The van der Waals surface area contributed by atoms with Gasteiger partial charge >= 0.3 is 5.97 Å². The molecule has 0 aliphatic heterocycles. The first-order valence-electron chi connectivity index (χ1n) is 7.13. The summed E-state index contributed by atoms with van der Waals surface area (Å²) >= 11 is 0. The molecule has 8 nitrogen and oxygen atoms in total. The number of nitrogens with zero attached hydrogens (tertiary/aromatic N) is 2. The number of hydrogen-bond acceptors (Lipinski definition) is 6. The molecule has 0 saturated carbocycles. The van der Waals surface area contributed by atoms with Gasteiger partial charge in [0.25, 0.3) is 5.91 Å². The van der Waals surface area contributed by atoms with Crippen molar-refractivity contribution in [2.24, 2.45) is 0 Å². The summed E-state index contributed by atoms with van der Waals surface area (Å²) in [7, 11) is 0. The summed E-state index contributed by atoms with van der Waals surface area (Å²) < 4.78 is 0. The maximum absolute atomic E-state index is 12.0. The summed E-state index contributed by atoms with van der Waals surface area (Å²) in [4.78, 5) is 23.5. The molecule has 0 aliphatic carbocycles. The standard InChI is InChI=1S/C14H23N3O5/c15-10-12(14(22)17(6-8-18)7-9-19)11-16-5-3-1-2-4-13(20)21/h11,16,18-19H,1-9H2,(H,20,21)/b12-11-. The van der Waals surface area contributed by atoms with E-state index in [-0.39, 0.29) is 38.3 Å². The predicted molar refractivity (Wildman–Crippen MR) is 78.6 cm³/mol. The van der Waals surface area contributed by atoms with Crippen molar-refractivity contribution in [1.82, 2.24) is 10.2 Å². The first-order valence-corrected chi connectivity index (χ1v) is 7.13. The minimum absolute atomic E-state index is 0.0492. The van der Waals surface area contributed by atoms with Crippen LogP contribution < -0.4 is 5.32 Å². The smallest absolute Gasteiger partial charge is 0.303 e. The fourth-order valence-electron chi connectivity index (χ4n) is 1.72. The van der Waals surface area contributed by atoms with Crippen LogP contribution in [0.5, 0.6) is 0 Å². The highest BCUT2D eigenvalue weighted by Gasteiger charge is 2.17. The Bertz CT molecular complexity index is 411. The summed E-state index contributed by atoms with van der Waals surface area (Å²) in [6, 6.07) is 1.78. The maximum atomic E-state index is 12.0. The van der Waals surface area contributed by atoms with E-state index in [4.69, 9.17) is 20.6 Å². The summed E-state index contributed by atoms with van der Waals surface area (Å²) in [6.07, 6.45) is 3.50. The second kappa shape index (κ2) is 12.6. The second-order valence-corrected chi connectivity index (χ2v) is 4.57. The van der Waals surface area contributed by atoms with Crippen LogP contribution in [0.2, 0.25) is 0 Å². The zero-order valence-corrected chi connectivity index (χ0v) is 12.5. The molecule has 124 valence electrons. The Balaban J connectivity index is 4.23. The second-order valence-electron chi connectivity index (χ2n) is 4.57. The van der Waals surface area contributed by atoms with Crippen molar-refractivity contribution in [3.05, 3.63) is 11.8 Å². The van der Waals surface area contributed by atoms with Gasteiger partial charge in [-0.2, -0.15) is 5.26 Å². The van der Waals surface area contributed by atoms with E-state index in [1.165, 1.54) is 11.1 Å². The van der Waals surface area contributed by atoms with Crippen molar-refractivity contribution < 1.29 is 24.9 Å². The van der Waals surface area contributed by atoms with Crippen molar-refractivity contribution in [3.63, 3.8) is 0 Å². The number of nitrogens with one attached hydrogen (secondary N) is 1. The molecular formula is C14H23N3O5. The highest BCUT2D eigenvalue weighted by molar-refractivity contribution is 5.97. The molecule has 0 bridgehead atoms. The van der Waals surface area contributed by atoms with Crippen molar-refractivity contribution in [1.29, 1.82) is 5.26 Å². The van der Waals surface area contributed by atoms with Crippen molar-refractivity contribution >= 4 is 11.9 Å². The van der Waals surface area contributed by atoms with Gasteiger partial charge in [-0.1, -0.05) is 6.42 Å². The maximum Gasteiger partial charge on any atom is 0.303 e. The average Bonchev–Trinajstić information content (AvgIpc) is 2.49. The van der Waals surface area contributed by atoms with Gasteiger partial charge in [0, 0.05) is 32.3 Å². The van der Waals surface area contributed by atoms with Crippen molar-refractivity contribution in [2.45, 2.75) is 25.7 Å². The van der Waals surface area contributed by atoms with E-state index in [1.807, 2.05) is 0 Å². The zero-order chi connectivity index (χ0) is 16.8.